The van der Waals surface area contributed by atoms with Gasteiger partial charge in [-0.25, -0.2) is 8.42 Å². The van der Waals surface area contributed by atoms with Gasteiger partial charge in [0, 0.05) is 24.2 Å². The van der Waals surface area contributed by atoms with Crippen LogP contribution < -0.4 is 14.2 Å². The third-order valence-electron chi connectivity index (χ3n) is 5.95. The Balaban J connectivity index is 1.42. The third kappa shape index (κ3) is 4.58. The molecule has 1 amide bonds. The van der Waals surface area contributed by atoms with Crippen molar-refractivity contribution in [3.05, 3.63) is 59.8 Å². The second-order valence-electron chi connectivity index (χ2n) is 8.28. The van der Waals surface area contributed by atoms with E-state index in [4.69, 9.17) is 18.7 Å². The zero-order valence-electron chi connectivity index (χ0n) is 18.6. The molecule has 3 aromatic rings. The van der Waals surface area contributed by atoms with Crippen molar-refractivity contribution in [2.45, 2.75) is 19.0 Å². The van der Waals surface area contributed by atoms with Crippen molar-refractivity contribution in [1.82, 2.24) is 10.1 Å². The first kappa shape index (κ1) is 22.3. The van der Waals surface area contributed by atoms with Gasteiger partial charge in [-0.3, -0.25) is 4.79 Å². The first-order valence-electron chi connectivity index (χ1n) is 10.9. The van der Waals surface area contributed by atoms with E-state index in [0.29, 0.717) is 48.2 Å². The molecular weight excluding hydrogens is 460 g/mol. The summed E-state index contributed by atoms with van der Waals surface area (Å²) < 4.78 is 46.2. The van der Waals surface area contributed by atoms with E-state index in [1.54, 1.807) is 36.3 Å². The molecule has 0 spiro atoms. The molecule has 10 heteroatoms. The average Bonchev–Trinajstić information content (AvgIpc) is 3.48. The predicted octanol–water partition coefficient (Wildman–Crippen LogP) is 2.95. The minimum Gasteiger partial charge on any atom is -0.497 e. The number of ether oxygens (including phenoxy) is 3. The van der Waals surface area contributed by atoms with Crippen LogP contribution in [-0.2, 0) is 16.4 Å². The molecule has 0 radical (unpaired) electrons. The van der Waals surface area contributed by atoms with Gasteiger partial charge in [-0.05, 0) is 42.3 Å². The monoisotopic (exact) mass is 484 g/mol. The van der Waals surface area contributed by atoms with Crippen LogP contribution in [-0.4, -0.2) is 62.3 Å². The number of aromatic nitrogens is 1. The number of benzene rings is 2. The molecular formula is C24H24N2O7S. The van der Waals surface area contributed by atoms with Crippen molar-refractivity contribution in [3.8, 4) is 28.6 Å². The van der Waals surface area contributed by atoms with Crippen molar-refractivity contribution < 1.29 is 31.9 Å². The minimum absolute atomic E-state index is 0.0564. The highest BCUT2D eigenvalue weighted by Gasteiger charge is 2.36. The Morgan fingerprint density at radius 2 is 1.94 bits per heavy atom. The van der Waals surface area contributed by atoms with E-state index in [0.717, 1.165) is 5.56 Å². The van der Waals surface area contributed by atoms with E-state index >= 15 is 0 Å². The number of rotatable bonds is 6. The zero-order valence-corrected chi connectivity index (χ0v) is 19.4. The normalized spacial score (nSPS) is 18.4. The van der Waals surface area contributed by atoms with E-state index in [2.05, 4.69) is 5.16 Å². The summed E-state index contributed by atoms with van der Waals surface area (Å²) in [6.07, 6.45) is 0.380. The molecule has 0 bridgehead atoms. The maximum absolute atomic E-state index is 13.5. The van der Waals surface area contributed by atoms with Gasteiger partial charge in [0.25, 0.3) is 5.91 Å². The molecule has 0 unspecified atom stereocenters. The smallest absolute Gasteiger partial charge is 0.276 e. The summed E-state index contributed by atoms with van der Waals surface area (Å²) in [6, 6.07) is 13.8. The molecule has 34 heavy (non-hydrogen) atoms. The fourth-order valence-corrected chi connectivity index (χ4v) is 5.94. The maximum Gasteiger partial charge on any atom is 0.276 e. The SMILES string of the molecule is COc1cccc(CN(C(=O)c2cc(-c3ccc4c(c3)OCCO4)on2)[C@@H]2CCS(=O)(=O)C2)c1. The van der Waals surface area contributed by atoms with E-state index in [9.17, 15) is 13.2 Å². The Morgan fingerprint density at radius 1 is 1.12 bits per heavy atom. The largest absolute Gasteiger partial charge is 0.497 e. The van der Waals surface area contributed by atoms with Crippen LogP contribution in [0.15, 0.2) is 53.1 Å². The summed E-state index contributed by atoms with van der Waals surface area (Å²) in [4.78, 5) is 15.1. The Labute approximate surface area is 197 Å². The number of sulfone groups is 1. The highest BCUT2D eigenvalue weighted by atomic mass is 32.2. The summed E-state index contributed by atoms with van der Waals surface area (Å²) in [6.45, 7) is 1.18. The number of amides is 1. The Morgan fingerprint density at radius 3 is 2.71 bits per heavy atom. The maximum atomic E-state index is 13.5. The van der Waals surface area contributed by atoms with Gasteiger partial charge in [0.15, 0.2) is 32.8 Å². The van der Waals surface area contributed by atoms with Crippen molar-refractivity contribution >= 4 is 15.7 Å². The number of carbonyl (C=O) groups is 1. The molecule has 1 saturated heterocycles. The number of hydrogen-bond acceptors (Lipinski definition) is 8. The molecule has 3 heterocycles. The van der Waals surface area contributed by atoms with Crippen LogP contribution in [0.5, 0.6) is 17.2 Å². The van der Waals surface area contributed by atoms with Gasteiger partial charge in [0.2, 0.25) is 0 Å². The summed E-state index contributed by atoms with van der Waals surface area (Å²) >= 11 is 0. The molecule has 0 saturated carbocycles. The van der Waals surface area contributed by atoms with Crippen molar-refractivity contribution in [2.75, 3.05) is 31.8 Å². The lowest BCUT2D eigenvalue weighted by Crippen LogP contribution is -2.40. The first-order valence-corrected chi connectivity index (χ1v) is 12.7. The molecule has 9 nitrogen and oxygen atoms in total. The summed E-state index contributed by atoms with van der Waals surface area (Å²) in [5.74, 6) is 1.90. The quantitative estimate of drug-likeness (QED) is 0.526. The molecule has 1 fully saturated rings. The van der Waals surface area contributed by atoms with Crippen molar-refractivity contribution in [3.63, 3.8) is 0 Å². The van der Waals surface area contributed by atoms with Gasteiger partial charge in [-0.1, -0.05) is 17.3 Å². The Kier molecular flexibility index (Phi) is 5.91. The fraction of sp³-hybridized carbons (Fsp3) is 0.333. The topological polar surface area (TPSA) is 108 Å². The average molecular weight is 485 g/mol. The van der Waals surface area contributed by atoms with Crippen LogP contribution in [0.3, 0.4) is 0 Å². The summed E-state index contributed by atoms with van der Waals surface area (Å²) in [5.41, 5.74) is 1.63. The molecule has 0 aliphatic carbocycles. The standard InChI is InChI=1S/C24H24N2O7S/c1-30-19-4-2-3-16(11-19)14-26(18-7-10-34(28,29)15-18)24(27)20-13-22(33-25-20)17-5-6-21-23(12-17)32-9-8-31-21/h2-6,11-13,18H,7-10,14-15H2,1H3/t18-/m1/s1. The Hall–Kier alpha value is -3.53. The van der Waals surface area contributed by atoms with Gasteiger partial charge in [0.05, 0.1) is 18.6 Å². The lowest BCUT2D eigenvalue weighted by atomic mass is 10.1. The number of carbonyl (C=O) groups excluding carboxylic acids is 1. The molecule has 178 valence electrons. The fourth-order valence-electron chi connectivity index (χ4n) is 4.21. The molecule has 1 atom stereocenters. The van der Waals surface area contributed by atoms with E-state index in [1.807, 2.05) is 24.3 Å². The van der Waals surface area contributed by atoms with Gasteiger partial charge in [0.1, 0.15) is 19.0 Å². The van der Waals surface area contributed by atoms with Gasteiger partial charge >= 0.3 is 0 Å². The van der Waals surface area contributed by atoms with Crippen LogP contribution in [0.25, 0.3) is 11.3 Å². The van der Waals surface area contributed by atoms with Crippen LogP contribution in [0.4, 0.5) is 0 Å². The first-order chi connectivity index (χ1) is 16.4. The number of nitrogens with zero attached hydrogens (tertiary/aromatic N) is 2. The molecule has 2 aliphatic rings. The summed E-state index contributed by atoms with van der Waals surface area (Å²) in [5, 5.41) is 4.00. The zero-order chi connectivity index (χ0) is 23.7. The van der Waals surface area contributed by atoms with Crippen LogP contribution in [0.2, 0.25) is 0 Å². The van der Waals surface area contributed by atoms with Crippen LogP contribution in [0, 0.1) is 0 Å². The number of methoxy groups -OCH3 is 1. The highest BCUT2D eigenvalue weighted by molar-refractivity contribution is 7.91. The lowest BCUT2D eigenvalue weighted by molar-refractivity contribution is 0.0670. The molecule has 1 aromatic heterocycles. The van der Waals surface area contributed by atoms with Crippen LogP contribution >= 0.6 is 0 Å². The summed E-state index contributed by atoms with van der Waals surface area (Å²) in [7, 11) is -1.63. The van der Waals surface area contributed by atoms with Crippen molar-refractivity contribution in [2.24, 2.45) is 0 Å². The third-order valence-corrected chi connectivity index (χ3v) is 7.70. The van der Waals surface area contributed by atoms with Crippen LogP contribution in [0.1, 0.15) is 22.5 Å². The Bertz CT molecular complexity index is 1320. The van der Waals surface area contributed by atoms with Gasteiger partial charge < -0.3 is 23.6 Å². The minimum atomic E-state index is -3.20. The second kappa shape index (κ2) is 9.02. The molecule has 5 rings (SSSR count). The molecule has 2 aliphatic heterocycles. The molecule has 0 N–H and O–H groups in total. The number of hydrogen-bond donors (Lipinski definition) is 0. The lowest BCUT2D eigenvalue weighted by Gasteiger charge is -2.27. The van der Waals surface area contributed by atoms with E-state index in [1.165, 1.54) is 0 Å². The van der Waals surface area contributed by atoms with E-state index in [-0.39, 0.29) is 23.7 Å². The number of fused-ring (bicyclic) bond motifs is 1. The molecule has 2 aromatic carbocycles. The van der Waals surface area contributed by atoms with Gasteiger partial charge in [-0.2, -0.15) is 0 Å². The van der Waals surface area contributed by atoms with Gasteiger partial charge in [-0.15, -0.1) is 0 Å². The van der Waals surface area contributed by atoms with E-state index < -0.39 is 21.8 Å². The second-order valence-corrected chi connectivity index (χ2v) is 10.5. The highest BCUT2D eigenvalue weighted by Crippen LogP contribution is 2.35. The predicted molar refractivity (Wildman–Crippen MR) is 123 cm³/mol. The van der Waals surface area contributed by atoms with Crippen molar-refractivity contribution in [1.29, 1.82) is 0 Å².